The SMILES string of the molecule is Cc1ccn(CC(C)C(=O)O)c(=O)c1. The average Bonchev–Trinajstić information content (AvgIpc) is 2.09. The van der Waals surface area contributed by atoms with Crippen molar-refractivity contribution in [3.8, 4) is 0 Å². The summed E-state index contributed by atoms with van der Waals surface area (Å²) in [6.07, 6.45) is 1.62. The maximum absolute atomic E-state index is 11.4. The molecule has 14 heavy (non-hydrogen) atoms. The van der Waals surface area contributed by atoms with Crippen LogP contribution in [0.1, 0.15) is 12.5 Å². The molecule has 1 unspecified atom stereocenters. The first-order valence-corrected chi connectivity index (χ1v) is 4.40. The first-order chi connectivity index (χ1) is 6.50. The van der Waals surface area contributed by atoms with Gasteiger partial charge in [-0.1, -0.05) is 6.92 Å². The summed E-state index contributed by atoms with van der Waals surface area (Å²) >= 11 is 0. The highest BCUT2D eigenvalue weighted by molar-refractivity contribution is 5.69. The first-order valence-electron chi connectivity index (χ1n) is 4.40. The normalized spacial score (nSPS) is 12.4. The fourth-order valence-electron chi connectivity index (χ4n) is 1.13. The Morgan fingerprint density at radius 1 is 1.64 bits per heavy atom. The molecule has 4 nitrogen and oxygen atoms in total. The Balaban J connectivity index is 2.88. The van der Waals surface area contributed by atoms with Crippen LogP contribution < -0.4 is 5.56 Å². The van der Waals surface area contributed by atoms with E-state index in [1.165, 1.54) is 10.6 Å². The van der Waals surface area contributed by atoms with E-state index in [1.54, 1.807) is 19.2 Å². The van der Waals surface area contributed by atoms with Crippen molar-refractivity contribution >= 4 is 5.97 Å². The van der Waals surface area contributed by atoms with E-state index in [4.69, 9.17) is 5.11 Å². The first kappa shape index (κ1) is 10.5. The summed E-state index contributed by atoms with van der Waals surface area (Å²) < 4.78 is 1.41. The van der Waals surface area contributed by atoms with Crippen molar-refractivity contribution in [2.75, 3.05) is 0 Å². The molecule has 1 N–H and O–H groups in total. The third-order valence-electron chi connectivity index (χ3n) is 2.04. The summed E-state index contributed by atoms with van der Waals surface area (Å²) in [5, 5.41) is 8.67. The number of pyridine rings is 1. The van der Waals surface area contributed by atoms with E-state index < -0.39 is 11.9 Å². The van der Waals surface area contributed by atoms with E-state index in [9.17, 15) is 9.59 Å². The van der Waals surface area contributed by atoms with Gasteiger partial charge in [-0.05, 0) is 18.6 Å². The lowest BCUT2D eigenvalue weighted by molar-refractivity contribution is -0.141. The van der Waals surface area contributed by atoms with Crippen molar-refractivity contribution in [2.24, 2.45) is 5.92 Å². The molecule has 0 spiro atoms. The summed E-state index contributed by atoms with van der Waals surface area (Å²) in [6, 6.07) is 3.28. The molecule has 0 saturated carbocycles. The van der Waals surface area contributed by atoms with Gasteiger partial charge in [0, 0.05) is 18.8 Å². The highest BCUT2D eigenvalue weighted by Gasteiger charge is 2.11. The minimum Gasteiger partial charge on any atom is -0.481 e. The highest BCUT2D eigenvalue weighted by Crippen LogP contribution is 1.99. The van der Waals surface area contributed by atoms with Crippen LogP contribution in [0.25, 0.3) is 0 Å². The molecule has 0 aliphatic carbocycles. The van der Waals surface area contributed by atoms with Gasteiger partial charge in [0.05, 0.1) is 5.92 Å². The zero-order valence-electron chi connectivity index (χ0n) is 8.23. The van der Waals surface area contributed by atoms with Crippen molar-refractivity contribution in [1.29, 1.82) is 0 Å². The molecule has 1 atom stereocenters. The van der Waals surface area contributed by atoms with Gasteiger partial charge in [-0.2, -0.15) is 0 Å². The molecule has 0 aliphatic heterocycles. The lowest BCUT2D eigenvalue weighted by Crippen LogP contribution is -2.25. The van der Waals surface area contributed by atoms with E-state index in [-0.39, 0.29) is 12.1 Å². The summed E-state index contributed by atoms with van der Waals surface area (Å²) in [4.78, 5) is 21.9. The molecule has 1 rings (SSSR count). The number of aliphatic carboxylic acids is 1. The third-order valence-corrected chi connectivity index (χ3v) is 2.04. The van der Waals surface area contributed by atoms with Gasteiger partial charge in [-0.15, -0.1) is 0 Å². The number of rotatable bonds is 3. The predicted octanol–water partition coefficient (Wildman–Crippen LogP) is 0.877. The number of carboxylic acid groups (broad SMARTS) is 1. The molecule has 0 radical (unpaired) electrons. The Labute approximate surface area is 81.8 Å². The van der Waals surface area contributed by atoms with Crippen molar-refractivity contribution in [1.82, 2.24) is 4.57 Å². The molecule has 0 aromatic carbocycles. The summed E-state index contributed by atoms with van der Waals surface area (Å²) in [5.41, 5.74) is 0.729. The largest absolute Gasteiger partial charge is 0.481 e. The molecule has 0 fully saturated rings. The Morgan fingerprint density at radius 2 is 2.29 bits per heavy atom. The zero-order valence-corrected chi connectivity index (χ0v) is 8.23. The molecule has 1 heterocycles. The molecule has 0 aliphatic rings. The van der Waals surface area contributed by atoms with Crippen LogP contribution in [-0.4, -0.2) is 15.6 Å². The van der Waals surface area contributed by atoms with Gasteiger partial charge in [0.2, 0.25) is 0 Å². The smallest absolute Gasteiger partial charge is 0.308 e. The maximum atomic E-state index is 11.4. The second kappa shape index (κ2) is 4.09. The Kier molecular flexibility index (Phi) is 3.06. The van der Waals surface area contributed by atoms with E-state index in [2.05, 4.69) is 0 Å². The van der Waals surface area contributed by atoms with Crippen molar-refractivity contribution in [2.45, 2.75) is 20.4 Å². The Morgan fingerprint density at radius 3 is 2.79 bits per heavy atom. The van der Waals surface area contributed by atoms with Crippen molar-refractivity contribution in [3.05, 3.63) is 34.2 Å². The van der Waals surface area contributed by atoms with Crippen LogP contribution in [0.15, 0.2) is 23.1 Å². The summed E-state index contributed by atoms with van der Waals surface area (Å²) in [7, 11) is 0. The highest BCUT2D eigenvalue weighted by atomic mass is 16.4. The second-order valence-electron chi connectivity index (χ2n) is 3.43. The van der Waals surface area contributed by atoms with Gasteiger partial charge in [0.25, 0.3) is 5.56 Å². The molecule has 1 aromatic heterocycles. The summed E-state index contributed by atoms with van der Waals surface area (Å²) in [5.74, 6) is -1.44. The van der Waals surface area contributed by atoms with E-state index in [0.29, 0.717) is 0 Å². The maximum Gasteiger partial charge on any atom is 0.308 e. The average molecular weight is 195 g/mol. The van der Waals surface area contributed by atoms with Gasteiger partial charge < -0.3 is 9.67 Å². The van der Waals surface area contributed by atoms with E-state index in [1.807, 2.05) is 6.92 Å². The van der Waals surface area contributed by atoms with Crippen LogP contribution in [0, 0.1) is 12.8 Å². The van der Waals surface area contributed by atoms with Crippen LogP contribution in [-0.2, 0) is 11.3 Å². The second-order valence-corrected chi connectivity index (χ2v) is 3.43. The van der Waals surface area contributed by atoms with Crippen LogP contribution in [0.5, 0.6) is 0 Å². The molecular weight excluding hydrogens is 182 g/mol. The number of nitrogens with zero attached hydrogens (tertiary/aromatic N) is 1. The van der Waals surface area contributed by atoms with Crippen molar-refractivity contribution in [3.63, 3.8) is 0 Å². The van der Waals surface area contributed by atoms with Gasteiger partial charge in [0.1, 0.15) is 0 Å². The van der Waals surface area contributed by atoms with Crippen LogP contribution in [0.4, 0.5) is 0 Å². The van der Waals surface area contributed by atoms with Crippen LogP contribution in [0.2, 0.25) is 0 Å². The van der Waals surface area contributed by atoms with Crippen LogP contribution >= 0.6 is 0 Å². The number of carboxylic acids is 1. The third kappa shape index (κ3) is 2.45. The Hall–Kier alpha value is -1.58. The zero-order chi connectivity index (χ0) is 10.7. The topological polar surface area (TPSA) is 59.3 Å². The fraction of sp³-hybridized carbons (Fsp3) is 0.400. The minimum absolute atomic E-state index is 0.155. The van der Waals surface area contributed by atoms with Gasteiger partial charge in [0.15, 0.2) is 0 Å². The fourth-order valence-corrected chi connectivity index (χ4v) is 1.13. The molecule has 1 aromatic rings. The number of hydrogen-bond donors (Lipinski definition) is 1. The standard InChI is InChI=1S/C10H13NO3/c1-7-3-4-11(9(12)5-7)6-8(2)10(13)14/h3-5,8H,6H2,1-2H3,(H,13,14). The quantitative estimate of drug-likeness (QED) is 0.778. The number of aromatic nitrogens is 1. The monoisotopic (exact) mass is 195 g/mol. The lowest BCUT2D eigenvalue weighted by Gasteiger charge is -2.08. The molecule has 0 amide bonds. The minimum atomic E-state index is -0.891. The van der Waals surface area contributed by atoms with Crippen LogP contribution in [0.3, 0.4) is 0 Å². The molecule has 4 heteroatoms. The molecule has 0 saturated heterocycles. The van der Waals surface area contributed by atoms with Gasteiger partial charge >= 0.3 is 5.97 Å². The number of aryl methyl sites for hydroxylation is 1. The molecular formula is C10H13NO3. The lowest BCUT2D eigenvalue weighted by atomic mass is 10.2. The number of carbonyl (C=O) groups is 1. The Bertz CT molecular complexity index is 395. The van der Waals surface area contributed by atoms with Gasteiger partial charge in [-0.25, -0.2) is 0 Å². The van der Waals surface area contributed by atoms with E-state index >= 15 is 0 Å². The molecule has 0 bridgehead atoms. The predicted molar refractivity (Wildman–Crippen MR) is 52.2 cm³/mol. The van der Waals surface area contributed by atoms with Gasteiger partial charge in [-0.3, -0.25) is 9.59 Å². The summed E-state index contributed by atoms with van der Waals surface area (Å²) in [6.45, 7) is 3.62. The van der Waals surface area contributed by atoms with E-state index in [0.717, 1.165) is 5.56 Å². The van der Waals surface area contributed by atoms with Crippen molar-refractivity contribution < 1.29 is 9.90 Å². The molecule has 76 valence electrons. The number of hydrogen-bond acceptors (Lipinski definition) is 2.